The number of unbranched alkanes of at least 4 members (excludes halogenated alkanes) is 1. The Morgan fingerprint density at radius 1 is 0.897 bits per heavy atom. The molecule has 206 valence electrons. The molecular formula is C30H33F3N4O2. The average molecular weight is 539 g/mol. The number of halogens is 3. The smallest absolute Gasteiger partial charge is 0.416 e. The summed E-state index contributed by atoms with van der Waals surface area (Å²) in [6.07, 6.45) is -2.43. The summed E-state index contributed by atoms with van der Waals surface area (Å²) in [6, 6.07) is 18.2. The molecule has 1 N–H and O–H groups in total. The summed E-state index contributed by atoms with van der Waals surface area (Å²) >= 11 is 0. The van der Waals surface area contributed by atoms with Gasteiger partial charge in [0.15, 0.2) is 0 Å². The molecule has 3 aromatic carbocycles. The standard InChI is InChI=1S/C30H33F3N4O2/c1-2-3-14-37-28-21-24(38-18-17-36-15-12-34-13-16-36)10-11-27(28)35-29(37)22-6-4-8-25(19-22)39-26-9-5-7-23(20-26)30(31,32)33/h4-11,19-21,34H,2-3,12-18H2,1H3. The summed E-state index contributed by atoms with van der Waals surface area (Å²) in [5.41, 5.74) is 1.93. The van der Waals surface area contributed by atoms with Crippen LogP contribution in [0.4, 0.5) is 13.2 Å². The molecule has 2 heterocycles. The van der Waals surface area contributed by atoms with Gasteiger partial charge in [0.1, 0.15) is 29.7 Å². The van der Waals surface area contributed by atoms with E-state index in [0.717, 1.165) is 92.4 Å². The van der Waals surface area contributed by atoms with Crippen LogP contribution in [0.15, 0.2) is 66.7 Å². The molecule has 1 aromatic heterocycles. The highest BCUT2D eigenvalue weighted by Gasteiger charge is 2.30. The molecule has 6 nitrogen and oxygen atoms in total. The van der Waals surface area contributed by atoms with Gasteiger partial charge >= 0.3 is 6.18 Å². The normalized spacial score (nSPS) is 14.6. The Morgan fingerprint density at radius 3 is 2.44 bits per heavy atom. The van der Waals surface area contributed by atoms with Crippen molar-refractivity contribution in [2.75, 3.05) is 39.3 Å². The van der Waals surface area contributed by atoms with Crippen molar-refractivity contribution >= 4 is 11.0 Å². The molecule has 0 amide bonds. The number of ether oxygens (including phenoxy) is 2. The van der Waals surface area contributed by atoms with Crippen molar-refractivity contribution < 1.29 is 22.6 Å². The molecule has 0 atom stereocenters. The molecule has 1 saturated heterocycles. The fourth-order valence-corrected chi connectivity index (χ4v) is 4.75. The molecule has 0 radical (unpaired) electrons. The minimum absolute atomic E-state index is 0.129. The number of nitrogens with zero attached hydrogens (tertiary/aromatic N) is 3. The quantitative estimate of drug-likeness (QED) is 0.247. The van der Waals surface area contributed by atoms with Gasteiger partial charge in [-0.15, -0.1) is 0 Å². The molecule has 0 saturated carbocycles. The summed E-state index contributed by atoms with van der Waals surface area (Å²) in [6.45, 7) is 8.53. The van der Waals surface area contributed by atoms with Crippen molar-refractivity contribution in [1.82, 2.24) is 19.8 Å². The first-order valence-corrected chi connectivity index (χ1v) is 13.4. The SMILES string of the molecule is CCCCn1c(-c2cccc(Oc3cccc(C(F)(F)F)c3)c2)nc2ccc(OCCN3CCNCC3)cc21. The first-order valence-electron chi connectivity index (χ1n) is 13.4. The van der Waals surface area contributed by atoms with Crippen LogP contribution in [0.1, 0.15) is 25.3 Å². The largest absolute Gasteiger partial charge is 0.492 e. The maximum absolute atomic E-state index is 13.1. The van der Waals surface area contributed by atoms with Crippen molar-refractivity contribution in [1.29, 1.82) is 0 Å². The highest BCUT2D eigenvalue weighted by atomic mass is 19.4. The molecule has 9 heteroatoms. The maximum atomic E-state index is 13.1. The third-order valence-electron chi connectivity index (χ3n) is 6.83. The zero-order valence-electron chi connectivity index (χ0n) is 22.0. The molecule has 0 unspecified atom stereocenters. The number of alkyl halides is 3. The number of aryl methyl sites for hydroxylation is 1. The van der Waals surface area contributed by atoms with Crippen LogP contribution in [0, 0.1) is 0 Å². The Morgan fingerprint density at radius 2 is 1.67 bits per heavy atom. The van der Waals surface area contributed by atoms with Gasteiger partial charge in [-0.25, -0.2) is 4.98 Å². The van der Waals surface area contributed by atoms with E-state index < -0.39 is 11.7 Å². The molecule has 39 heavy (non-hydrogen) atoms. The third-order valence-corrected chi connectivity index (χ3v) is 6.83. The van der Waals surface area contributed by atoms with E-state index >= 15 is 0 Å². The van der Waals surface area contributed by atoms with Crippen LogP contribution >= 0.6 is 0 Å². The number of piperazine rings is 1. The third kappa shape index (κ3) is 6.72. The molecule has 1 aliphatic rings. The van der Waals surface area contributed by atoms with E-state index in [9.17, 15) is 13.2 Å². The van der Waals surface area contributed by atoms with Crippen molar-refractivity contribution in [2.24, 2.45) is 0 Å². The lowest BCUT2D eigenvalue weighted by Crippen LogP contribution is -2.44. The average Bonchev–Trinajstić information content (AvgIpc) is 3.30. The second-order valence-electron chi connectivity index (χ2n) is 9.69. The number of imidazole rings is 1. The minimum Gasteiger partial charge on any atom is -0.492 e. The Hall–Kier alpha value is -3.56. The van der Waals surface area contributed by atoms with E-state index in [0.29, 0.717) is 12.4 Å². The van der Waals surface area contributed by atoms with Crippen LogP contribution in [-0.4, -0.2) is 53.8 Å². The topological polar surface area (TPSA) is 51.6 Å². The number of fused-ring (bicyclic) bond motifs is 1. The van der Waals surface area contributed by atoms with Crippen molar-refractivity contribution in [3.05, 3.63) is 72.3 Å². The van der Waals surface area contributed by atoms with Gasteiger partial charge in [-0.1, -0.05) is 31.5 Å². The molecule has 0 aliphatic carbocycles. The van der Waals surface area contributed by atoms with Gasteiger partial charge in [0.25, 0.3) is 0 Å². The van der Waals surface area contributed by atoms with E-state index in [-0.39, 0.29) is 5.75 Å². The van der Waals surface area contributed by atoms with Gasteiger partial charge in [0.2, 0.25) is 0 Å². The second-order valence-corrected chi connectivity index (χ2v) is 9.69. The molecule has 4 aromatic rings. The summed E-state index contributed by atoms with van der Waals surface area (Å²) in [4.78, 5) is 7.31. The second kappa shape index (κ2) is 12.1. The van der Waals surface area contributed by atoms with Crippen LogP contribution in [-0.2, 0) is 12.7 Å². The first-order chi connectivity index (χ1) is 18.9. The van der Waals surface area contributed by atoms with Crippen LogP contribution in [0.2, 0.25) is 0 Å². The molecule has 0 spiro atoms. The predicted octanol–water partition coefficient (Wildman–Crippen LogP) is 6.60. The summed E-state index contributed by atoms with van der Waals surface area (Å²) in [5.74, 6) is 2.16. The number of hydrogen-bond donors (Lipinski definition) is 1. The van der Waals surface area contributed by atoms with Gasteiger partial charge in [-0.05, 0) is 48.9 Å². The van der Waals surface area contributed by atoms with Gasteiger partial charge in [-0.3, -0.25) is 4.90 Å². The Kier molecular flexibility index (Phi) is 8.38. The molecule has 1 fully saturated rings. The van der Waals surface area contributed by atoms with E-state index in [2.05, 4.69) is 21.7 Å². The number of hydrogen-bond acceptors (Lipinski definition) is 5. The lowest BCUT2D eigenvalue weighted by molar-refractivity contribution is -0.137. The van der Waals surface area contributed by atoms with Crippen molar-refractivity contribution in [3.63, 3.8) is 0 Å². The minimum atomic E-state index is -4.43. The lowest BCUT2D eigenvalue weighted by Gasteiger charge is -2.26. The van der Waals surface area contributed by atoms with Gasteiger partial charge in [0, 0.05) is 50.9 Å². The predicted molar refractivity (Wildman–Crippen MR) is 146 cm³/mol. The number of rotatable bonds is 10. The van der Waals surface area contributed by atoms with Crippen LogP contribution in [0.3, 0.4) is 0 Å². The zero-order valence-corrected chi connectivity index (χ0v) is 22.0. The van der Waals surface area contributed by atoms with E-state index in [1.807, 2.05) is 36.4 Å². The molecule has 5 rings (SSSR count). The monoisotopic (exact) mass is 538 g/mol. The van der Waals surface area contributed by atoms with Crippen molar-refractivity contribution in [3.8, 4) is 28.6 Å². The molecule has 0 bridgehead atoms. The molecule has 1 aliphatic heterocycles. The summed E-state index contributed by atoms with van der Waals surface area (Å²) in [7, 11) is 0. The Bertz CT molecular complexity index is 1400. The first kappa shape index (κ1) is 27.0. The van der Waals surface area contributed by atoms with E-state index in [1.165, 1.54) is 12.1 Å². The summed E-state index contributed by atoms with van der Waals surface area (Å²) in [5, 5.41) is 3.36. The highest BCUT2D eigenvalue weighted by molar-refractivity contribution is 5.82. The molecular weight excluding hydrogens is 505 g/mol. The summed E-state index contributed by atoms with van der Waals surface area (Å²) < 4.78 is 53.5. The highest BCUT2D eigenvalue weighted by Crippen LogP contribution is 2.34. The number of benzene rings is 3. The van der Waals surface area contributed by atoms with Gasteiger partial charge in [0.05, 0.1) is 16.6 Å². The van der Waals surface area contributed by atoms with Gasteiger partial charge in [-0.2, -0.15) is 13.2 Å². The number of nitrogens with one attached hydrogen (secondary N) is 1. The fourth-order valence-electron chi connectivity index (χ4n) is 4.75. The van der Waals surface area contributed by atoms with E-state index in [1.54, 1.807) is 6.07 Å². The van der Waals surface area contributed by atoms with Gasteiger partial charge < -0.3 is 19.4 Å². The number of aromatic nitrogens is 2. The lowest BCUT2D eigenvalue weighted by atomic mass is 10.2. The Labute approximate surface area is 226 Å². The maximum Gasteiger partial charge on any atom is 0.416 e. The van der Waals surface area contributed by atoms with Crippen molar-refractivity contribution in [2.45, 2.75) is 32.5 Å². The zero-order chi connectivity index (χ0) is 27.2. The Balaban J connectivity index is 1.39. The van der Waals surface area contributed by atoms with Crippen LogP contribution < -0.4 is 14.8 Å². The van der Waals surface area contributed by atoms with Crippen LogP contribution in [0.5, 0.6) is 17.2 Å². The van der Waals surface area contributed by atoms with E-state index in [4.69, 9.17) is 14.5 Å². The fraction of sp³-hybridized carbons (Fsp3) is 0.367. The van der Waals surface area contributed by atoms with Crippen LogP contribution in [0.25, 0.3) is 22.4 Å².